The lowest BCUT2D eigenvalue weighted by Crippen LogP contribution is -2.35. The molecule has 0 amide bonds. The molecule has 1 heterocycles. The van der Waals surface area contributed by atoms with E-state index in [4.69, 9.17) is 5.73 Å². The van der Waals surface area contributed by atoms with Crippen molar-refractivity contribution in [1.29, 1.82) is 0 Å². The highest BCUT2D eigenvalue weighted by atomic mass is 32.2. The highest BCUT2D eigenvalue weighted by Crippen LogP contribution is 2.23. The molecule has 2 aromatic carbocycles. The maximum absolute atomic E-state index is 12.6. The fourth-order valence-electron chi connectivity index (χ4n) is 3.92. The van der Waals surface area contributed by atoms with E-state index < -0.39 is 20.6 Å². The fourth-order valence-corrected chi connectivity index (χ4v) is 5.77. The van der Waals surface area contributed by atoms with Crippen molar-refractivity contribution in [2.45, 2.75) is 41.5 Å². The highest BCUT2D eigenvalue weighted by Gasteiger charge is 2.20. The summed E-state index contributed by atoms with van der Waals surface area (Å²) in [5, 5.41) is 0. The van der Waals surface area contributed by atoms with Crippen molar-refractivity contribution in [3.05, 3.63) is 60.2 Å². The van der Waals surface area contributed by atoms with Crippen molar-refractivity contribution in [3.63, 3.8) is 0 Å². The third kappa shape index (κ3) is 6.74. The lowest BCUT2D eigenvalue weighted by atomic mass is 9.94. The summed E-state index contributed by atoms with van der Waals surface area (Å²) in [5.74, 6) is 1.23. The second kappa shape index (κ2) is 10.7. The molecule has 2 atom stereocenters. The molecule has 0 aliphatic carbocycles. The summed E-state index contributed by atoms with van der Waals surface area (Å²) >= 11 is 0. The van der Waals surface area contributed by atoms with E-state index in [-0.39, 0.29) is 10.9 Å². The lowest BCUT2D eigenvalue weighted by Gasteiger charge is -2.32. The van der Waals surface area contributed by atoms with Crippen LogP contribution >= 0.6 is 0 Å². The zero-order valence-electron chi connectivity index (χ0n) is 17.6. The van der Waals surface area contributed by atoms with Crippen molar-refractivity contribution in [2.24, 2.45) is 11.7 Å². The van der Waals surface area contributed by atoms with Crippen LogP contribution in [0.3, 0.4) is 0 Å². The molecule has 0 radical (unpaired) electrons. The van der Waals surface area contributed by atoms with Gasteiger partial charge < -0.3 is 10.6 Å². The summed E-state index contributed by atoms with van der Waals surface area (Å²) in [6.07, 6.45) is 5.34. The third-order valence-corrected chi connectivity index (χ3v) is 8.45. The van der Waals surface area contributed by atoms with Gasteiger partial charge in [0, 0.05) is 22.9 Å². The number of hydrogen-bond donors (Lipinski definition) is 1. The molecule has 2 aromatic rings. The number of sulfone groups is 1. The van der Waals surface area contributed by atoms with E-state index in [0.29, 0.717) is 16.6 Å². The van der Waals surface area contributed by atoms with E-state index in [1.807, 2.05) is 18.2 Å². The first-order valence-electron chi connectivity index (χ1n) is 10.5. The van der Waals surface area contributed by atoms with Gasteiger partial charge in [0.1, 0.15) is 0 Å². The standard InChI is InChI=1S/C23H32N2O3S2/c1-30(27,28)22-9-7-21(8-10-22)29(26)18-14-19-11-15-25(16-12-19)17-13-23(24)20-5-3-2-4-6-20/h2-10,19,23H,11-18,24H2,1H3. The lowest BCUT2D eigenvalue weighted by molar-refractivity contribution is 0.177. The molecule has 1 saturated heterocycles. The van der Waals surface area contributed by atoms with Crippen molar-refractivity contribution in [1.82, 2.24) is 4.90 Å². The van der Waals surface area contributed by atoms with Crippen LogP contribution in [0.2, 0.25) is 0 Å². The largest absolute Gasteiger partial charge is 0.324 e. The third-order valence-electron chi connectivity index (χ3n) is 5.92. The minimum Gasteiger partial charge on any atom is -0.324 e. The van der Waals surface area contributed by atoms with Gasteiger partial charge in [0.15, 0.2) is 9.84 Å². The average molecular weight is 449 g/mol. The van der Waals surface area contributed by atoms with Crippen LogP contribution in [0, 0.1) is 5.92 Å². The summed E-state index contributed by atoms with van der Waals surface area (Å²) in [5.41, 5.74) is 7.51. The minimum absolute atomic E-state index is 0.0837. The Morgan fingerprint density at radius 1 is 1.07 bits per heavy atom. The molecule has 0 aromatic heterocycles. The maximum atomic E-state index is 12.6. The Hall–Kier alpha value is -1.54. The van der Waals surface area contributed by atoms with E-state index in [0.717, 1.165) is 45.3 Å². The molecular weight excluding hydrogens is 416 g/mol. The number of likely N-dealkylation sites (tertiary alicyclic amines) is 1. The van der Waals surface area contributed by atoms with E-state index in [1.165, 1.54) is 11.8 Å². The van der Waals surface area contributed by atoms with Crippen LogP contribution in [0.5, 0.6) is 0 Å². The smallest absolute Gasteiger partial charge is 0.175 e. The van der Waals surface area contributed by atoms with E-state index in [1.54, 1.807) is 24.3 Å². The van der Waals surface area contributed by atoms with Crippen molar-refractivity contribution < 1.29 is 12.6 Å². The zero-order chi connectivity index (χ0) is 21.6. The highest BCUT2D eigenvalue weighted by molar-refractivity contribution is 7.90. The average Bonchev–Trinajstić information content (AvgIpc) is 2.76. The molecule has 1 aliphatic heterocycles. The number of hydrogen-bond acceptors (Lipinski definition) is 5. The van der Waals surface area contributed by atoms with E-state index >= 15 is 0 Å². The predicted molar refractivity (Wildman–Crippen MR) is 123 cm³/mol. The normalized spacial score (nSPS) is 18.2. The van der Waals surface area contributed by atoms with Gasteiger partial charge in [0.05, 0.1) is 15.7 Å². The second-order valence-electron chi connectivity index (χ2n) is 8.17. The van der Waals surface area contributed by atoms with Gasteiger partial charge in [-0.25, -0.2) is 8.42 Å². The first-order chi connectivity index (χ1) is 14.3. The molecule has 164 valence electrons. The SMILES string of the molecule is CS(=O)(=O)c1ccc(S(=O)CCC2CCN(CCC(N)c3ccccc3)CC2)cc1. The summed E-state index contributed by atoms with van der Waals surface area (Å²) in [6, 6.07) is 16.8. The van der Waals surface area contributed by atoms with Gasteiger partial charge in [-0.1, -0.05) is 30.3 Å². The van der Waals surface area contributed by atoms with Gasteiger partial charge in [-0.05, 0) is 81.1 Å². The summed E-state index contributed by atoms with van der Waals surface area (Å²) in [6.45, 7) is 3.16. The summed E-state index contributed by atoms with van der Waals surface area (Å²) in [7, 11) is -4.30. The van der Waals surface area contributed by atoms with Crippen LogP contribution in [0.4, 0.5) is 0 Å². The Kier molecular flexibility index (Phi) is 8.22. The molecule has 1 aliphatic rings. The fraction of sp³-hybridized carbons (Fsp3) is 0.478. The molecule has 2 N–H and O–H groups in total. The maximum Gasteiger partial charge on any atom is 0.175 e. The topological polar surface area (TPSA) is 80.5 Å². The molecule has 2 unspecified atom stereocenters. The zero-order valence-corrected chi connectivity index (χ0v) is 19.2. The van der Waals surface area contributed by atoms with Crippen LogP contribution in [0.25, 0.3) is 0 Å². The van der Waals surface area contributed by atoms with Crippen LogP contribution in [-0.4, -0.2) is 49.2 Å². The molecule has 0 saturated carbocycles. The van der Waals surface area contributed by atoms with Gasteiger partial charge in [-0.3, -0.25) is 4.21 Å². The Labute approximate surface area is 183 Å². The van der Waals surface area contributed by atoms with Gasteiger partial charge in [-0.2, -0.15) is 0 Å². The van der Waals surface area contributed by atoms with Crippen LogP contribution in [0.1, 0.15) is 37.3 Å². The molecule has 7 heteroatoms. The van der Waals surface area contributed by atoms with Gasteiger partial charge in [0.25, 0.3) is 0 Å². The van der Waals surface area contributed by atoms with Crippen LogP contribution < -0.4 is 5.73 Å². The Morgan fingerprint density at radius 2 is 1.70 bits per heavy atom. The first-order valence-corrected chi connectivity index (χ1v) is 13.8. The van der Waals surface area contributed by atoms with Crippen molar-refractivity contribution in [2.75, 3.05) is 31.6 Å². The van der Waals surface area contributed by atoms with Crippen molar-refractivity contribution in [3.8, 4) is 0 Å². The summed E-state index contributed by atoms with van der Waals surface area (Å²) < 4.78 is 35.6. The van der Waals surface area contributed by atoms with Gasteiger partial charge in [0.2, 0.25) is 0 Å². The molecule has 1 fully saturated rings. The Bertz CT molecular complexity index is 923. The first kappa shape index (κ1) is 23.1. The number of nitrogens with two attached hydrogens (primary N) is 1. The molecule has 30 heavy (non-hydrogen) atoms. The number of benzene rings is 2. The number of piperidine rings is 1. The Morgan fingerprint density at radius 3 is 2.30 bits per heavy atom. The quantitative estimate of drug-likeness (QED) is 0.636. The van der Waals surface area contributed by atoms with E-state index in [2.05, 4.69) is 17.0 Å². The summed E-state index contributed by atoms with van der Waals surface area (Å²) in [4.78, 5) is 3.46. The number of nitrogens with zero attached hydrogens (tertiary/aromatic N) is 1. The minimum atomic E-state index is -3.22. The molecule has 5 nitrogen and oxygen atoms in total. The number of rotatable bonds is 9. The van der Waals surface area contributed by atoms with Crippen LogP contribution in [0.15, 0.2) is 64.4 Å². The molecule has 0 bridgehead atoms. The van der Waals surface area contributed by atoms with Gasteiger partial charge >= 0.3 is 0 Å². The van der Waals surface area contributed by atoms with Gasteiger partial charge in [-0.15, -0.1) is 0 Å². The molecule has 3 rings (SSSR count). The molecular formula is C23H32N2O3S2. The monoisotopic (exact) mass is 448 g/mol. The molecule has 0 spiro atoms. The van der Waals surface area contributed by atoms with Crippen molar-refractivity contribution >= 4 is 20.6 Å². The predicted octanol–water partition coefficient (Wildman–Crippen LogP) is 3.39. The van der Waals surface area contributed by atoms with E-state index in [9.17, 15) is 12.6 Å². The Balaban J connectivity index is 1.38. The second-order valence-corrected chi connectivity index (χ2v) is 11.8. The van der Waals surface area contributed by atoms with Crippen LogP contribution in [-0.2, 0) is 20.6 Å².